The number of aryl methyl sites for hydroxylation is 3. The minimum absolute atomic E-state index is 0. The average Bonchev–Trinajstić information content (AvgIpc) is 3.04. The van der Waals surface area contributed by atoms with Crippen LogP contribution in [-0.2, 0) is 11.2 Å². The molecular formula is C13H22Cl2N6O. The fraction of sp³-hybridized carbons (Fsp3) is 0.462. The first-order chi connectivity index (χ1) is 9.59. The van der Waals surface area contributed by atoms with E-state index in [9.17, 15) is 4.79 Å². The number of aromatic nitrogens is 4. The second-order valence-corrected chi connectivity index (χ2v) is 4.76. The highest BCUT2D eigenvalue weighted by Crippen LogP contribution is 2.17. The van der Waals surface area contributed by atoms with Crippen molar-refractivity contribution in [2.24, 2.45) is 5.73 Å². The molecule has 7 nitrogen and oxygen atoms in total. The van der Waals surface area contributed by atoms with Crippen LogP contribution in [0.5, 0.6) is 0 Å². The highest BCUT2D eigenvalue weighted by Gasteiger charge is 2.21. The summed E-state index contributed by atoms with van der Waals surface area (Å²) in [5.74, 6) is 0.738. The number of rotatable bonds is 6. The molecule has 0 fully saturated rings. The molecule has 2 rings (SSSR count). The molecule has 0 spiro atoms. The van der Waals surface area contributed by atoms with Crippen LogP contribution in [-0.4, -0.2) is 32.6 Å². The van der Waals surface area contributed by atoms with Gasteiger partial charge in [-0.15, -0.1) is 24.8 Å². The number of nitrogens with one attached hydrogen (secondary N) is 3. The minimum atomic E-state index is -0.683. The van der Waals surface area contributed by atoms with Gasteiger partial charge in [0, 0.05) is 36.6 Å². The molecular weight excluding hydrogens is 327 g/mol. The van der Waals surface area contributed by atoms with Gasteiger partial charge in [0.2, 0.25) is 5.91 Å². The number of imidazole rings is 1. The van der Waals surface area contributed by atoms with E-state index >= 15 is 0 Å². The number of carbonyl (C=O) groups is 1. The summed E-state index contributed by atoms with van der Waals surface area (Å²) < 4.78 is 0. The number of H-pyrrole nitrogens is 2. The Bertz CT molecular complexity index is 550. The molecule has 1 atom stereocenters. The number of hydrogen-bond donors (Lipinski definition) is 4. The lowest BCUT2D eigenvalue weighted by Gasteiger charge is -2.12. The van der Waals surface area contributed by atoms with Gasteiger partial charge >= 0.3 is 0 Å². The predicted octanol–water partition coefficient (Wildman–Crippen LogP) is 1.34. The first-order valence-corrected chi connectivity index (χ1v) is 6.62. The number of aromatic amines is 2. The molecule has 124 valence electrons. The molecule has 22 heavy (non-hydrogen) atoms. The third kappa shape index (κ3) is 5.01. The number of amides is 1. The van der Waals surface area contributed by atoms with Crippen LogP contribution < -0.4 is 11.1 Å². The molecule has 1 amide bonds. The topological polar surface area (TPSA) is 112 Å². The van der Waals surface area contributed by atoms with Crippen molar-refractivity contribution in [2.45, 2.75) is 32.7 Å². The predicted molar refractivity (Wildman–Crippen MR) is 89.4 cm³/mol. The van der Waals surface area contributed by atoms with Crippen LogP contribution in [0.15, 0.2) is 12.4 Å². The lowest BCUT2D eigenvalue weighted by Crippen LogP contribution is -2.35. The van der Waals surface area contributed by atoms with Gasteiger partial charge in [-0.1, -0.05) is 0 Å². The van der Waals surface area contributed by atoms with Crippen LogP contribution in [0.4, 0.5) is 0 Å². The molecule has 0 bridgehead atoms. The normalized spacial score (nSPS) is 11.2. The third-order valence-corrected chi connectivity index (χ3v) is 3.22. The van der Waals surface area contributed by atoms with Crippen molar-refractivity contribution in [3.8, 4) is 0 Å². The van der Waals surface area contributed by atoms with Crippen LogP contribution in [0, 0.1) is 13.8 Å². The van der Waals surface area contributed by atoms with Crippen molar-refractivity contribution in [3.05, 3.63) is 35.2 Å². The zero-order chi connectivity index (χ0) is 14.5. The summed E-state index contributed by atoms with van der Waals surface area (Å²) in [6.07, 6.45) is 5.12. The zero-order valence-electron chi connectivity index (χ0n) is 12.5. The number of nitrogens with two attached hydrogens (primary N) is 1. The van der Waals surface area contributed by atoms with E-state index in [1.165, 1.54) is 0 Å². The van der Waals surface area contributed by atoms with Crippen LogP contribution >= 0.6 is 24.8 Å². The Morgan fingerprint density at radius 1 is 1.41 bits per heavy atom. The highest BCUT2D eigenvalue weighted by molar-refractivity contribution is 5.85. The van der Waals surface area contributed by atoms with Gasteiger partial charge in [0.05, 0.1) is 5.69 Å². The second-order valence-electron chi connectivity index (χ2n) is 4.76. The molecule has 0 aromatic carbocycles. The van der Waals surface area contributed by atoms with E-state index < -0.39 is 6.04 Å². The molecule has 0 radical (unpaired) electrons. The van der Waals surface area contributed by atoms with Gasteiger partial charge in [-0.3, -0.25) is 9.89 Å². The number of carbonyl (C=O) groups excluding carboxylic acids is 1. The van der Waals surface area contributed by atoms with Crippen molar-refractivity contribution < 1.29 is 4.79 Å². The zero-order valence-corrected chi connectivity index (χ0v) is 14.2. The van der Waals surface area contributed by atoms with Gasteiger partial charge < -0.3 is 16.0 Å². The summed E-state index contributed by atoms with van der Waals surface area (Å²) >= 11 is 0. The van der Waals surface area contributed by atoms with E-state index in [2.05, 4.69) is 25.5 Å². The maximum atomic E-state index is 12.0. The lowest BCUT2D eigenvalue weighted by atomic mass is 10.1. The Labute approximate surface area is 141 Å². The second kappa shape index (κ2) is 9.45. The quantitative estimate of drug-likeness (QED) is 0.590. The van der Waals surface area contributed by atoms with Crippen LogP contribution in [0.2, 0.25) is 0 Å². The minimum Gasteiger partial charge on any atom is -0.354 e. The number of hydrogen-bond acceptors (Lipinski definition) is 4. The first-order valence-electron chi connectivity index (χ1n) is 6.62. The Morgan fingerprint density at radius 3 is 2.68 bits per heavy atom. The van der Waals surface area contributed by atoms with Gasteiger partial charge in [0.15, 0.2) is 0 Å². The molecule has 0 saturated carbocycles. The van der Waals surface area contributed by atoms with E-state index in [1.54, 1.807) is 12.4 Å². The van der Waals surface area contributed by atoms with E-state index in [-0.39, 0.29) is 30.7 Å². The summed E-state index contributed by atoms with van der Waals surface area (Å²) in [6, 6.07) is -0.683. The maximum absolute atomic E-state index is 12.0. The largest absolute Gasteiger partial charge is 0.354 e. The molecule has 1 unspecified atom stereocenters. The van der Waals surface area contributed by atoms with Crippen molar-refractivity contribution >= 4 is 30.7 Å². The summed E-state index contributed by atoms with van der Waals surface area (Å²) in [4.78, 5) is 19.2. The Hall–Kier alpha value is -1.57. The fourth-order valence-corrected chi connectivity index (χ4v) is 2.16. The molecule has 0 aliphatic heterocycles. The molecule has 9 heteroatoms. The van der Waals surface area contributed by atoms with Crippen LogP contribution in [0.1, 0.15) is 35.2 Å². The van der Waals surface area contributed by atoms with Gasteiger partial charge in [0.1, 0.15) is 11.9 Å². The average molecular weight is 349 g/mol. The molecule has 0 aliphatic rings. The van der Waals surface area contributed by atoms with Gasteiger partial charge in [0.25, 0.3) is 0 Å². The van der Waals surface area contributed by atoms with Crippen molar-refractivity contribution in [2.75, 3.05) is 6.54 Å². The van der Waals surface area contributed by atoms with E-state index in [0.29, 0.717) is 6.54 Å². The fourth-order valence-electron chi connectivity index (χ4n) is 2.16. The number of nitrogens with zero attached hydrogens (tertiary/aromatic N) is 2. The monoisotopic (exact) mass is 348 g/mol. The molecule has 0 aliphatic carbocycles. The van der Waals surface area contributed by atoms with E-state index in [1.807, 2.05) is 13.8 Å². The van der Waals surface area contributed by atoms with E-state index in [0.717, 1.165) is 35.6 Å². The van der Waals surface area contributed by atoms with Crippen molar-refractivity contribution in [1.82, 2.24) is 25.5 Å². The highest BCUT2D eigenvalue weighted by atomic mass is 35.5. The standard InChI is InChI=1S/C13H20N6O.2ClH/c1-8-11(9(2)19-18-8)12(14)13(20)17-5-3-4-10-15-6-7-16-10;;/h6-7,12H,3-5,14H2,1-2H3,(H,15,16)(H,17,20)(H,18,19);2*1H. The van der Waals surface area contributed by atoms with Crippen LogP contribution in [0.3, 0.4) is 0 Å². The van der Waals surface area contributed by atoms with Gasteiger partial charge in [-0.05, 0) is 20.3 Å². The molecule has 5 N–H and O–H groups in total. The van der Waals surface area contributed by atoms with Gasteiger partial charge in [-0.2, -0.15) is 5.10 Å². The summed E-state index contributed by atoms with van der Waals surface area (Å²) in [5, 5.41) is 9.73. The Balaban J connectivity index is 0.00000220. The van der Waals surface area contributed by atoms with Crippen molar-refractivity contribution in [1.29, 1.82) is 0 Å². The molecule has 2 aromatic rings. The number of halogens is 2. The van der Waals surface area contributed by atoms with E-state index in [4.69, 9.17) is 5.73 Å². The maximum Gasteiger partial charge on any atom is 0.241 e. The summed E-state index contributed by atoms with van der Waals surface area (Å²) in [6.45, 7) is 4.27. The summed E-state index contributed by atoms with van der Waals surface area (Å²) in [7, 11) is 0. The molecule has 2 aromatic heterocycles. The Kier molecular flexibility index (Phi) is 8.77. The lowest BCUT2D eigenvalue weighted by molar-refractivity contribution is -0.122. The first kappa shape index (κ1) is 20.4. The SMILES string of the molecule is Cc1n[nH]c(C)c1C(N)C(=O)NCCCc1ncc[nH]1.Cl.Cl. The Morgan fingerprint density at radius 2 is 2.14 bits per heavy atom. The van der Waals surface area contributed by atoms with Gasteiger partial charge in [-0.25, -0.2) is 4.98 Å². The van der Waals surface area contributed by atoms with Crippen molar-refractivity contribution in [3.63, 3.8) is 0 Å². The molecule has 0 saturated heterocycles. The van der Waals surface area contributed by atoms with Crippen LogP contribution in [0.25, 0.3) is 0 Å². The summed E-state index contributed by atoms with van der Waals surface area (Å²) in [5.41, 5.74) is 8.34. The molecule has 2 heterocycles. The third-order valence-electron chi connectivity index (χ3n) is 3.22. The smallest absolute Gasteiger partial charge is 0.241 e.